The van der Waals surface area contributed by atoms with Gasteiger partial charge in [-0.25, -0.2) is 4.79 Å². The van der Waals surface area contributed by atoms with Crippen molar-refractivity contribution in [3.8, 4) is 0 Å². The van der Waals surface area contributed by atoms with Gasteiger partial charge >= 0.3 is 5.97 Å². The van der Waals surface area contributed by atoms with Crippen LogP contribution in [0.15, 0.2) is 36.4 Å². The van der Waals surface area contributed by atoms with Crippen molar-refractivity contribution >= 4 is 40.5 Å². The number of carbonyl (C=O) groups is 1. The van der Waals surface area contributed by atoms with Crippen LogP contribution in [0.5, 0.6) is 0 Å². The van der Waals surface area contributed by atoms with Gasteiger partial charge in [-0.2, -0.15) is 0 Å². The lowest BCUT2D eigenvalue weighted by molar-refractivity contribution is -0.0273. The minimum absolute atomic E-state index is 0.0877. The Hall–Kier alpha value is -1.87. The molecule has 0 saturated heterocycles. The maximum Gasteiger partial charge on any atom is 0.342 e. The summed E-state index contributed by atoms with van der Waals surface area (Å²) in [6.07, 6.45) is 0.594. The summed E-state index contributed by atoms with van der Waals surface area (Å²) in [5.74, 6) is -0.485. The third-order valence-electron chi connectivity index (χ3n) is 4.92. The van der Waals surface area contributed by atoms with Gasteiger partial charge in [0.05, 0.1) is 46.8 Å². The molecule has 2 aromatic rings. The van der Waals surface area contributed by atoms with E-state index in [0.717, 1.165) is 5.56 Å². The summed E-state index contributed by atoms with van der Waals surface area (Å²) in [5.41, 5.74) is 1.71. The molecular weight excluding hydrogens is 457 g/mol. The van der Waals surface area contributed by atoms with Crippen molar-refractivity contribution < 1.29 is 29.6 Å². The molecule has 2 aromatic carbocycles. The number of halogens is 2. The van der Waals surface area contributed by atoms with Crippen molar-refractivity contribution in [3.63, 3.8) is 0 Å². The van der Waals surface area contributed by atoms with Gasteiger partial charge in [0.25, 0.3) is 0 Å². The number of para-hydroxylation sites is 1. The number of aliphatic hydroxyl groups excluding tert-OH is 3. The normalized spacial score (nSPS) is 10.9. The smallest absolute Gasteiger partial charge is 0.342 e. The minimum atomic E-state index is -0.667. The zero-order chi connectivity index (χ0) is 24.1. The molecule has 0 aromatic heterocycles. The molecule has 0 spiro atoms. The maximum atomic E-state index is 12.2. The fraction of sp³-hybridized carbons (Fsp3) is 0.435. The molecule has 9 heteroatoms. The van der Waals surface area contributed by atoms with E-state index in [2.05, 4.69) is 5.32 Å². The molecule has 0 fully saturated rings. The van der Waals surface area contributed by atoms with Gasteiger partial charge in [0.1, 0.15) is 0 Å². The van der Waals surface area contributed by atoms with Crippen LogP contribution >= 0.6 is 23.2 Å². The molecule has 0 amide bonds. The molecule has 7 nitrogen and oxygen atoms in total. The van der Waals surface area contributed by atoms with Crippen LogP contribution in [0.25, 0.3) is 0 Å². The van der Waals surface area contributed by atoms with Crippen molar-refractivity contribution in [2.45, 2.75) is 27.2 Å². The van der Waals surface area contributed by atoms with E-state index in [1.54, 1.807) is 30.3 Å². The van der Waals surface area contributed by atoms with Gasteiger partial charge in [0, 0.05) is 12.0 Å². The van der Waals surface area contributed by atoms with Crippen molar-refractivity contribution in [2.24, 2.45) is 5.41 Å². The fourth-order valence-electron chi connectivity index (χ4n) is 2.42. The van der Waals surface area contributed by atoms with Gasteiger partial charge in [-0.3, -0.25) is 0 Å². The molecule has 0 aliphatic heterocycles. The fourth-order valence-corrected chi connectivity index (χ4v) is 2.88. The molecule has 0 aliphatic rings. The molecule has 0 saturated carbocycles. The van der Waals surface area contributed by atoms with Crippen molar-refractivity contribution in [1.29, 1.82) is 0 Å². The first-order valence-electron chi connectivity index (χ1n) is 10.2. The van der Waals surface area contributed by atoms with Gasteiger partial charge in [0.2, 0.25) is 0 Å². The van der Waals surface area contributed by atoms with Crippen LogP contribution in [0.4, 0.5) is 11.4 Å². The van der Waals surface area contributed by atoms with Crippen LogP contribution in [-0.2, 0) is 9.47 Å². The summed E-state index contributed by atoms with van der Waals surface area (Å²) < 4.78 is 10.1. The van der Waals surface area contributed by atoms with Gasteiger partial charge in [-0.05, 0) is 44.0 Å². The first-order valence-corrected chi connectivity index (χ1v) is 10.9. The standard InChI is InChI=1S/C17H17Cl2NO3.C6H14O3/c1-3-22-10-23-17(21)12-6-4-5-7-14(12)20-16-13(18)9-8-11(2)15(16)19;1-2-6(3-7,4-8)5-9/h4-9,20H,3,10H2,1-2H3;7-9H,2-5H2,1H3. The van der Waals surface area contributed by atoms with E-state index < -0.39 is 11.4 Å². The number of hydrogen-bond donors (Lipinski definition) is 4. The Kier molecular flexibility index (Phi) is 12.6. The van der Waals surface area contributed by atoms with Crippen molar-refractivity contribution in [1.82, 2.24) is 0 Å². The Labute approximate surface area is 198 Å². The summed E-state index contributed by atoms with van der Waals surface area (Å²) >= 11 is 12.5. The second-order valence-corrected chi connectivity index (χ2v) is 7.88. The Morgan fingerprint density at radius 1 is 1.03 bits per heavy atom. The molecule has 4 N–H and O–H groups in total. The van der Waals surface area contributed by atoms with E-state index >= 15 is 0 Å². The number of anilines is 2. The number of benzene rings is 2. The van der Waals surface area contributed by atoms with Gasteiger partial charge in [-0.15, -0.1) is 0 Å². The van der Waals surface area contributed by atoms with E-state index in [4.69, 9.17) is 48.0 Å². The quantitative estimate of drug-likeness (QED) is 0.221. The summed E-state index contributed by atoms with van der Waals surface area (Å²) in [6.45, 7) is 5.45. The van der Waals surface area contributed by atoms with Crippen LogP contribution in [0, 0.1) is 12.3 Å². The SMILES string of the molecule is CCC(CO)(CO)CO.CCOCOC(=O)c1ccccc1Nc1c(Cl)ccc(C)c1Cl. The molecule has 0 aliphatic carbocycles. The average Bonchev–Trinajstić information content (AvgIpc) is 2.82. The monoisotopic (exact) mass is 487 g/mol. The lowest BCUT2D eigenvalue weighted by Gasteiger charge is -2.24. The number of ether oxygens (including phenoxy) is 2. The molecular formula is C23H31Cl2NO6. The first-order chi connectivity index (χ1) is 15.3. The number of aliphatic hydroxyl groups is 3. The van der Waals surface area contributed by atoms with E-state index in [-0.39, 0.29) is 26.6 Å². The Morgan fingerprint density at radius 3 is 2.19 bits per heavy atom. The van der Waals surface area contributed by atoms with Crippen LogP contribution < -0.4 is 5.32 Å². The van der Waals surface area contributed by atoms with Gasteiger partial charge in [-0.1, -0.05) is 48.3 Å². The van der Waals surface area contributed by atoms with E-state index in [1.165, 1.54) is 0 Å². The summed E-state index contributed by atoms with van der Waals surface area (Å²) in [4.78, 5) is 12.2. The Bertz CT molecular complexity index is 841. The lowest BCUT2D eigenvalue weighted by Crippen LogP contribution is -2.32. The van der Waals surface area contributed by atoms with Crippen LogP contribution in [0.2, 0.25) is 10.0 Å². The van der Waals surface area contributed by atoms with Crippen LogP contribution in [0.3, 0.4) is 0 Å². The number of rotatable bonds is 10. The second kappa shape index (κ2) is 14.3. The van der Waals surface area contributed by atoms with Crippen LogP contribution in [-0.4, -0.2) is 54.5 Å². The number of carbonyl (C=O) groups excluding carboxylic acids is 1. The van der Waals surface area contributed by atoms with Crippen LogP contribution in [0.1, 0.15) is 36.2 Å². The number of aryl methyl sites for hydroxylation is 1. The molecule has 0 radical (unpaired) electrons. The highest BCUT2D eigenvalue weighted by Crippen LogP contribution is 2.36. The number of esters is 1. The molecule has 2 rings (SSSR count). The largest absolute Gasteiger partial charge is 0.435 e. The molecule has 32 heavy (non-hydrogen) atoms. The molecule has 0 unspecified atom stereocenters. The Morgan fingerprint density at radius 2 is 1.66 bits per heavy atom. The highest BCUT2D eigenvalue weighted by Gasteiger charge is 2.24. The third kappa shape index (κ3) is 7.92. The highest BCUT2D eigenvalue weighted by atomic mass is 35.5. The molecule has 0 bridgehead atoms. The first kappa shape index (κ1) is 28.2. The predicted molar refractivity (Wildman–Crippen MR) is 127 cm³/mol. The van der Waals surface area contributed by atoms with Crippen molar-refractivity contribution in [2.75, 3.05) is 38.5 Å². The predicted octanol–water partition coefficient (Wildman–Crippen LogP) is 4.56. The summed E-state index contributed by atoms with van der Waals surface area (Å²) in [5, 5.41) is 30.1. The topological polar surface area (TPSA) is 108 Å². The zero-order valence-electron chi connectivity index (χ0n) is 18.5. The summed E-state index contributed by atoms with van der Waals surface area (Å²) in [6, 6.07) is 10.6. The number of hydrogen-bond acceptors (Lipinski definition) is 7. The Balaban J connectivity index is 0.000000482. The van der Waals surface area contributed by atoms with Crippen molar-refractivity contribution in [3.05, 3.63) is 57.6 Å². The van der Waals surface area contributed by atoms with Gasteiger partial charge < -0.3 is 30.1 Å². The van der Waals surface area contributed by atoms with Gasteiger partial charge in [0.15, 0.2) is 6.79 Å². The van der Waals surface area contributed by atoms with E-state index in [0.29, 0.717) is 40.0 Å². The lowest BCUT2D eigenvalue weighted by atomic mass is 9.88. The third-order valence-corrected chi connectivity index (χ3v) is 5.73. The average molecular weight is 488 g/mol. The minimum Gasteiger partial charge on any atom is -0.435 e. The number of nitrogens with one attached hydrogen (secondary N) is 1. The molecule has 0 atom stereocenters. The highest BCUT2D eigenvalue weighted by molar-refractivity contribution is 6.39. The zero-order valence-corrected chi connectivity index (χ0v) is 20.0. The maximum absolute atomic E-state index is 12.2. The summed E-state index contributed by atoms with van der Waals surface area (Å²) in [7, 11) is 0. The second-order valence-electron chi connectivity index (χ2n) is 7.09. The van der Waals surface area contributed by atoms with E-state index in [9.17, 15) is 4.79 Å². The molecule has 0 heterocycles. The molecule has 178 valence electrons. The van der Waals surface area contributed by atoms with E-state index in [1.807, 2.05) is 26.8 Å².